The first-order valence-corrected chi connectivity index (χ1v) is 11.5. The van der Waals surface area contributed by atoms with Crippen LogP contribution in [0.2, 0.25) is 0 Å². The van der Waals surface area contributed by atoms with Gasteiger partial charge >= 0.3 is 5.69 Å². The zero-order valence-corrected chi connectivity index (χ0v) is 19.3. The predicted molar refractivity (Wildman–Crippen MR) is 146 cm³/mol. The Labute approximate surface area is 202 Å². The summed E-state index contributed by atoms with van der Waals surface area (Å²) in [5, 5.41) is 8.25. The number of hydrogen-bond donors (Lipinski definition) is 0. The minimum Gasteiger partial charge on any atom is -0.195 e. The third-order valence-corrected chi connectivity index (χ3v) is 6.35. The SMILES string of the molecule is Cc1ccc([N+]#N)cc1.c1ccc([B-](c2ccccc2)(c2ccccc2)c2ccccc2)cc1. The summed E-state index contributed by atoms with van der Waals surface area (Å²) < 4.78 is 0. The van der Waals surface area contributed by atoms with E-state index >= 15 is 0 Å². The molecule has 0 bridgehead atoms. The van der Waals surface area contributed by atoms with Gasteiger partial charge in [-0.1, -0.05) is 139 Å². The van der Waals surface area contributed by atoms with Gasteiger partial charge in [-0.25, -0.2) is 0 Å². The molecule has 2 nitrogen and oxygen atoms in total. The Bertz CT molecular complexity index is 1170. The third kappa shape index (κ3) is 4.82. The maximum Gasteiger partial charge on any atom is 0.385 e. The average Bonchev–Trinajstić information content (AvgIpc) is 2.93. The van der Waals surface area contributed by atoms with Crippen LogP contribution in [-0.4, -0.2) is 6.15 Å². The van der Waals surface area contributed by atoms with Crippen molar-refractivity contribution < 1.29 is 0 Å². The van der Waals surface area contributed by atoms with Crippen LogP contribution in [-0.2, 0) is 0 Å². The lowest BCUT2D eigenvalue weighted by molar-refractivity contribution is 1.43. The summed E-state index contributed by atoms with van der Waals surface area (Å²) >= 11 is 0. The molecule has 0 fully saturated rings. The summed E-state index contributed by atoms with van der Waals surface area (Å²) in [4.78, 5) is 3.01. The Balaban J connectivity index is 0.000000257. The van der Waals surface area contributed by atoms with Crippen LogP contribution in [0.15, 0.2) is 146 Å². The third-order valence-electron chi connectivity index (χ3n) is 6.35. The van der Waals surface area contributed by atoms with Gasteiger partial charge in [0.05, 0.1) is 0 Å². The molecular weight excluding hydrogens is 411 g/mol. The summed E-state index contributed by atoms with van der Waals surface area (Å²) in [5.41, 5.74) is 7.12. The maximum absolute atomic E-state index is 8.25. The van der Waals surface area contributed by atoms with Gasteiger partial charge in [-0.15, -0.1) is 0 Å². The summed E-state index contributed by atoms with van der Waals surface area (Å²) in [7, 11) is 0. The number of rotatable bonds is 4. The van der Waals surface area contributed by atoms with Gasteiger partial charge < -0.3 is 0 Å². The lowest BCUT2D eigenvalue weighted by atomic mass is 9.13. The van der Waals surface area contributed by atoms with E-state index < -0.39 is 6.15 Å². The second kappa shape index (κ2) is 10.9. The quantitative estimate of drug-likeness (QED) is 0.267. The molecule has 0 aliphatic carbocycles. The van der Waals surface area contributed by atoms with E-state index in [0.717, 1.165) is 0 Å². The summed E-state index contributed by atoms with van der Waals surface area (Å²) in [6.07, 6.45) is -1.22. The first-order chi connectivity index (χ1) is 16.7. The second-order valence-electron chi connectivity index (χ2n) is 8.44. The molecule has 0 atom stereocenters. The molecule has 0 aromatic heterocycles. The van der Waals surface area contributed by atoms with Crippen molar-refractivity contribution in [2.75, 3.05) is 0 Å². The molecule has 0 unspecified atom stereocenters. The molecule has 0 aliphatic rings. The number of aryl methyl sites for hydroxylation is 1. The fourth-order valence-electron chi connectivity index (χ4n) is 4.73. The minimum absolute atomic E-state index is 0.598. The van der Waals surface area contributed by atoms with Gasteiger partial charge in [0.25, 0.3) is 0 Å². The normalized spacial score (nSPS) is 10.5. The molecule has 0 saturated carbocycles. The highest BCUT2D eigenvalue weighted by Crippen LogP contribution is 2.11. The topological polar surface area (TPSA) is 28.1 Å². The van der Waals surface area contributed by atoms with Gasteiger partial charge in [0.15, 0.2) is 4.98 Å². The smallest absolute Gasteiger partial charge is 0.195 e. The maximum atomic E-state index is 8.25. The zero-order chi connectivity index (χ0) is 23.6. The number of nitrogens with zero attached hydrogens (tertiary/aromatic N) is 2. The largest absolute Gasteiger partial charge is 0.385 e. The fraction of sp³-hybridized carbons (Fsp3) is 0.0323. The number of hydrogen-bond acceptors (Lipinski definition) is 1. The number of benzene rings is 5. The summed E-state index contributed by atoms with van der Waals surface area (Å²) in [6.45, 7) is 1.99. The molecular formula is C31H27BN2. The molecule has 0 heterocycles. The van der Waals surface area contributed by atoms with E-state index in [1.807, 2.05) is 19.1 Å². The minimum atomic E-state index is -1.22. The second-order valence-corrected chi connectivity index (χ2v) is 8.44. The molecule has 164 valence electrons. The Kier molecular flexibility index (Phi) is 7.33. The molecule has 34 heavy (non-hydrogen) atoms. The first kappa shape index (κ1) is 22.8. The van der Waals surface area contributed by atoms with Gasteiger partial charge in [0.1, 0.15) is 6.15 Å². The highest BCUT2D eigenvalue weighted by atomic mass is 14.8. The van der Waals surface area contributed by atoms with Crippen molar-refractivity contribution in [3.8, 4) is 0 Å². The summed E-state index contributed by atoms with van der Waals surface area (Å²) in [6, 6.07) is 50.8. The standard InChI is InChI=1S/C24H20B.C7H7N2/c1-5-13-21(14-6-1)25(22-15-7-2-8-16-22,23-17-9-3-10-18-23)24-19-11-4-12-20-24;1-6-2-4-7(9-8)5-3-6/h1-20H;2-5H,1H3/q-1;+1. The average molecular weight is 438 g/mol. The lowest BCUT2D eigenvalue weighted by Crippen LogP contribution is -2.74. The molecule has 3 heteroatoms. The van der Waals surface area contributed by atoms with Crippen LogP contribution in [0.4, 0.5) is 5.69 Å². The lowest BCUT2D eigenvalue weighted by Gasteiger charge is -2.44. The van der Waals surface area contributed by atoms with Crippen molar-refractivity contribution in [2.45, 2.75) is 6.92 Å². The first-order valence-electron chi connectivity index (χ1n) is 11.5. The number of diazo groups is 1. The van der Waals surface area contributed by atoms with Crippen molar-refractivity contribution in [3.63, 3.8) is 0 Å². The van der Waals surface area contributed by atoms with Crippen LogP contribution in [0.3, 0.4) is 0 Å². The van der Waals surface area contributed by atoms with Crippen molar-refractivity contribution in [2.24, 2.45) is 0 Å². The van der Waals surface area contributed by atoms with Crippen molar-refractivity contribution >= 4 is 33.7 Å². The molecule has 0 spiro atoms. The molecule has 0 aliphatic heterocycles. The Morgan fingerprint density at radius 1 is 0.441 bits per heavy atom. The van der Waals surface area contributed by atoms with Crippen molar-refractivity contribution in [3.05, 3.63) is 156 Å². The highest BCUT2D eigenvalue weighted by molar-refractivity contribution is 7.19. The Morgan fingerprint density at radius 3 is 1.00 bits per heavy atom. The van der Waals surface area contributed by atoms with E-state index in [9.17, 15) is 0 Å². The van der Waals surface area contributed by atoms with E-state index in [4.69, 9.17) is 5.39 Å². The monoisotopic (exact) mass is 438 g/mol. The van der Waals surface area contributed by atoms with Gasteiger partial charge in [0, 0.05) is 12.1 Å². The van der Waals surface area contributed by atoms with E-state index in [1.165, 1.54) is 27.4 Å². The zero-order valence-electron chi connectivity index (χ0n) is 19.3. The molecule has 5 aromatic rings. The predicted octanol–water partition coefficient (Wildman–Crippen LogP) is 5.54. The molecule has 5 aromatic carbocycles. The van der Waals surface area contributed by atoms with Crippen LogP contribution in [0.5, 0.6) is 0 Å². The van der Waals surface area contributed by atoms with E-state index in [2.05, 4.69) is 126 Å². The van der Waals surface area contributed by atoms with Crippen LogP contribution in [0, 0.1) is 12.3 Å². The van der Waals surface area contributed by atoms with Gasteiger partial charge in [-0.05, 0) is 6.92 Å². The van der Waals surface area contributed by atoms with Gasteiger partial charge in [-0.2, -0.15) is 21.9 Å². The molecule has 5 rings (SSSR count). The molecule has 0 saturated heterocycles. The van der Waals surface area contributed by atoms with Crippen molar-refractivity contribution in [1.82, 2.24) is 0 Å². The highest BCUT2D eigenvalue weighted by Gasteiger charge is 2.30. The van der Waals surface area contributed by atoms with E-state index in [-0.39, 0.29) is 0 Å². The van der Waals surface area contributed by atoms with E-state index in [1.54, 1.807) is 12.1 Å². The van der Waals surface area contributed by atoms with Crippen LogP contribution >= 0.6 is 0 Å². The fourth-order valence-corrected chi connectivity index (χ4v) is 4.73. The van der Waals surface area contributed by atoms with Crippen LogP contribution < -0.4 is 21.9 Å². The Morgan fingerprint density at radius 2 is 0.735 bits per heavy atom. The van der Waals surface area contributed by atoms with Crippen LogP contribution in [0.1, 0.15) is 5.56 Å². The van der Waals surface area contributed by atoms with Gasteiger partial charge in [0.2, 0.25) is 5.39 Å². The van der Waals surface area contributed by atoms with Gasteiger partial charge in [-0.3, -0.25) is 0 Å². The molecule has 0 N–H and O–H groups in total. The van der Waals surface area contributed by atoms with Crippen LogP contribution in [0.25, 0.3) is 4.98 Å². The van der Waals surface area contributed by atoms with E-state index in [0.29, 0.717) is 5.69 Å². The van der Waals surface area contributed by atoms with Crippen molar-refractivity contribution in [1.29, 1.82) is 5.39 Å². The molecule has 0 amide bonds. The summed E-state index contributed by atoms with van der Waals surface area (Å²) in [5.74, 6) is 0. The Hall–Kier alpha value is -4.42. The molecule has 0 radical (unpaired) electrons.